The van der Waals surface area contributed by atoms with Gasteiger partial charge in [0.1, 0.15) is 11.0 Å². The first-order valence-corrected chi connectivity index (χ1v) is 13.3. The quantitative estimate of drug-likeness (QED) is 0.312. The van der Waals surface area contributed by atoms with Gasteiger partial charge in [0.2, 0.25) is 11.8 Å². The van der Waals surface area contributed by atoms with E-state index in [0.29, 0.717) is 18.0 Å². The largest absolute Gasteiger partial charge is 0.494 e. The Kier molecular flexibility index (Phi) is 10.3. The number of unbranched alkanes of at least 4 members (excludes halogenated alkanes) is 3. The molecule has 1 saturated heterocycles. The number of alkyl halides is 3. The summed E-state index contributed by atoms with van der Waals surface area (Å²) in [6, 6.07) is 10.2. The van der Waals surface area contributed by atoms with Gasteiger partial charge < -0.3 is 10.1 Å². The van der Waals surface area contributed by atoms with Gasteiger partial charge in [0.05, 0.1) is 22.9 Å². The van der Waals surface area contributed by atoms with Crippen molar-refractivity contribution in [1.29, 1.82) is 0 Å². The molecule has 37 heavy (non-hydrogen) atoms. The van der Waals surface area contributed by atoms with E-state index >= 15 is 0 Å². The molecule has 2 aromatic carbocycles. The molecule has 0 saturated carbocycles. The molecular formula is C26H29ClF3N3O3S. The van der Waals surface area contributed by atoms with E-state index in [4.69, 9.17) is 16.3 Å². The predicted octanol–water partition coefficient (Wildman–Crippen LogP) is 7.30. The summed E-state index contributed by atoms with van der Waals surface area (Å²) in [5, 5.41) is 1.71. The van der Waals surface area contributed by atoms with Gasteiger partial charge in [-0.1, -0.05) is 49.5 Å². The number of ether oxygens (including phenoxy) is 1. The van der Waals surface area contributed by atoms with Crippen molar-refractivity contribution >= 4 is 51.7 Å². The molecule has 3 rings (SSSR count). The van der Waals surface area contributed by atoms with E-state index in [9.17, 15) is 22.8 Å². The van der Waals surface area contributed by atoms with Gasteiger partial charge in [-0.05, 0) is 55.8 Å². The van der Waals surface area contributed by atoms with Gasteiger partial charge in [0.25, 0.3) is 0 Å². The fourth-order valence-corrected chi connectivity index (χ4v) is 5.03. The summed E-state index contributed by atoms with van der Waals surface area (Å²) in [5.74, 6) is -0.0370. The lowest BCUT2D eigenvalue weighted by Crippen LogP contribution is -2.45. The van der Waals surface area contributed by atoms with E-state index in [1.54, 1.807) is 31.2 Å². The third-order valence-electron chi connectivity index (χ3n) is 5.62. The van der Waals surface area contributed by atoms with Crippen molar-refractivity contribution in [3.8, 4) is 5.75 Å². The number of amides is 2. The highest BCUT2D eigenvalue weighted by Crippen LogP contribution is 2.38. The summed E-state index contributed by atoms with van der Waals surface area (Å²) in [7, 11) is 0. The zero-order valence-corrected chi connectivity index (χ0v) is 22.2. The number of carbonyl (C=O) groups is 2. The van der Waals surface area contributed by atoms with E-state index in [1.165, 1.54) is 17.4 Å². The normalized spacial score (nSPS) is 17.2. The van der Waals surface area contributed by atoms with Crippen molar-refractivity contribution in [2.75, 3.05) is 18.5 Å². The Labute approximate surface area is 223 Å². The molecule has 1 N–H and O–H groups in total. The molecule has 6 nitrogen and oxygen atoms in total. The van der Waals surface area contributed by atoms with Crippen LogP contribution in [0, 0.1) is 0 Å². The summed E-state index contributed by atoms with van der Waals surface area (Å²) in [6.07, 6.45) is -0.284. The Balaban J connectivity index is 1.69. The van der Waals surface area contributed by atoms with E-state index in [1.807, 2.05) is 0 Å². The van der Waals surface area contributed by atoms with E-state index < -0.39 is 27.9 Å². The number of anilines is 1. The highest BCUT2D eigenvalue weighted by molar-refractivity contribution is 8.15. The predicted molar refractivity (Wildman–Crippen MR) is 142 cm³/mol. The smallest absolute Gasteiger partial charge is 0.417 e. The minimum Gasteiger partial charge on any atom is -0.494 e. The number of amidine groups is 1. The van der Waals surface area contributed by atoms with Crippen LogP contribution < -0.4 is 10.1 Å². The van der Waals surface area contributed by atoms with Crippen LogP contribution in [0.1, 0.15) is 51.5 Å². The van der Waals surface area contributed by atoms with E-state index in [0.717, 1.165) is 43.2 Å². The molecule has 0 aromatic heterocycles. The first kappa shape index (κ1) is 28.8. The molecule has 2 amide bonds. The fourth-order valence-electron chi connectivity index (χ4n) is 3.64. The van der Waals surface area contributed by atoms with Crippen LogP contribution in [-0.4, -0.2) is 40.3 Å². The number of nitrogens with one attached hydrogen (secondary N) is 1. The number of nitrogens with zero attached hydrogens (tertiary/aromatic N) is 2. The van der Waals surface area contributed by atoms with Crippen LogP contribution in [0.4, 0.5) is 24.5 Å². The van der Waals surface area contributed by atoms with E-state index in [2.05, 4.69) is 17.2 Å². The Bertz CT molecular complexity index is 1130. The molecule has 1 atom stereocenters. The van der Waals surface area contributed by atoms with Gasteiger partial charge in [-0.3, -0.25) is 14.5 Å². The standard InChI is InChI=1S/C26H29ClF3N3O3S/c1-3-5-6-7-14-36-19-11-8-17(9-12-19)31-24(35)22-16-23(34)33(4-2)25(37-22)32-18-10-13-21(27)20(15-18)26(28,29)30/h8-13,15,22H,3-7,14,16H2,1-2H3,(H,31,35). The van der Waals surface area contributed by atoms with Crippen LogP contribution in [-0.2, 0) is 15.8 Å². The number of carbonyl (C=O) groups excluding carboxylic acids is 2. The lowest BCUT2D eigenvalue weighted by molar-refractivity contribution is -0.137. The highest BCUT2D eigenvalue weighted by atomic mass is 35.5. The maximum absolute atomic E-state index is 13.3. The summed E-state index contributed by atoms with van der Waals surface area (Å²) in [6.45, 7) is 4.76. The molecule has 0 aliphatic carbocycles. The second kappa shape index (κ2) is 13.2. The zero-order chi connectivity index (χ0) is 27.0. The Morgan fingerprint density at radius 1 is 1.16 bits per heavy atom. The van der Waals surface area contributed by atoms with Gasteiger partial charge >= 0.3 is 6.18 Å². The molecule has 1 fully saturated rings. The van der Waals surface area contributed by atoms with Crippen LogP contribution in [0.15, 0.2) is 47.5 Å². The molecule has 0 bridgehead atoms. The number of hydrogen-bond acceptors (Lipinski definition) is 5. The molecule has 1 aliphatic rings. The van der Waals surface area contributed by atoms with Gasteiger partial charge in [-0.15, -0.1) is 0 Å². The number of rotatable bonds is 10. The maximum Gasteiger partial charge on any atom is 0.417 e. The van der Waals surface area contributed by atoms with Crippen LogP contribution in [0.5, 0.6) is 5.75 Å². The number of halogens is 4. The first-order valence-electron chi connectivity index (χ1n) is 12.1. The number of aliphatic imine (C=N–C) groups is 1. The van der Waals surface area contributed by atoms with Gasteiger partial charge in [-0.25, -0.2) is 4.99 Å². The summed E-state index contributed by atoms with van der Waals surface area (Å²) >= 11 is 6.73. The summed E-state index contributed by atoms with van der Waals surface area (Å²) in [4.78, 5) is 31.3. The number of benzene rings is 2. The third kappa shape index (κ3) is 8.13. The van der Waals surface area contributed by atoms with Crippen molar-refractivity contribution < 1.29 is 27.5 Å². The Morgan fingerprint density at radius 2 is 1.89 bits per heavy atom. The Morgan fingerprint density at radius 3 is 2.54 bits per heavy atom. The molecule has 2 aromatic rings. The van der Waals surface area contributed by atoms with Gasteiger partial charge in [0.15, 0.2) is 5.17 Å². The van der Waals surface area contributed by atoms with Crippen molar-refractivity contribution in [3.05, 3.63) is 53.1 Å². The lowest BCUT2D eigenvalue weighted by Gasteiger charge is -2.31. The van der Waals surface area contributed by atoms with Crippen molar-refractivity contribution in [2.24, 2.45) is 4.99 Å². The minimum atomic E-state index is -4.65. The number of hydrogen-bond donors (Lipinski definition) is 1. The molecule has 1 unspecified atom stereocenters. The average molecular weight is 556 g/mol. The SMILES string of the molecule is CCCCCCOc1ccc(NC(=O)C2CC(=O)N(CC)C(=Nc3ccc(Cl)c(C(F)(F)F)c3)S2)cc1. The van der Waals surface area contributed by atoms with Crippen LogP contribution in [0.25, 0.3) is 0 Å². The summed E-state index contributed by atoms with van der Waals surface area (Å²) < 4.78 is 45.5. The third-order valence-corrected chi connectivity index (χ3v) is 7.13. The van der Waals surface area contributed by atoms with Crippen LogP contribution in [0.3, 0.4) is 0 Å². The molecule has 11 heteroatoms. The zero-order valence-electron chi connectivity index (χ0n) is 20.6. The lowest BCUT2D eigenvalue weighted by atomic mass is 10.2. The molecule has 1 aliphatic heterocycles. The monoisotopic (exact) mass is 555 g/mol. The minimum absolute atomic E-state index is 0.0168. The first-order chi connectivity index (χ1) is 17.6. The highest BCUT2D eigenvalue weighted by Gasteiger charge is 2.36. The maximum atomic E-state index is 13.3. The van der Waals surface area contributed by atoms with Gasteiger partial charge in [-0.2, -0.15) is 13.2 Å². The Hall–Kier alpha value is -2.72. The molecule has 200 valence electrons. The van der Waals surface area contributed by atoms with Crippen LogP contribution >= 0.6 is 23.4 Å². The fraction of sp³-hybridized carbons (Fsp3) is 0.423. The molecular weight excluding hydrogens is 527 g/mol. The van der Waals surface area contributed by atoms with Crippen molar-refractivity contribution in [2.45, 2.75) is 57.4 Å². The second-order valence-electron chi connectivity index (χ2n) is 8.43. The van der Waals surface area contributed by atoms with Gasteiger partial charge in [0, 0.05) is 18.7 Å². The second-order valence-corrected chi connectivity index (χ2v) is 10.0. The van der Waals surface area contributed by atoms with Crippen LogP contribution in [0.2, 0.25) is 5.02 Å². The van der Waals surface area contributed by atoms with E-state index in [-0.39, 0.29) is 29.7 Å². The average Bonchev–Trinajstić information content (AvgIpc) is 2.85. The summed E-state index contributed by atoms with van der Waals surface area (Å²) in [5.41, 5.74) is -0.494. The van der Waals surface area contributed by atoms with Crippen molar-refractivity contribution in [1.82, 2.24) is 4.90 Å². The topological polar surface area (TPSA) is 71.0 Å². The molecule has 1 heterocycles. The van der Waals surface area contributed by atoms with Crippen molar-refractivity contribution in [3.63, 3.8) is 0 Å². The molecule has 0 radical (unpaired) electrons. The number of thioether (sulfide) groups is 1. The molecule has 0 spiro atoms.